The van der Waals surface area contributed by atoms with Gasteiger partial charge in [0.1, 0.15) is 0 Å². The fourth-order valence-corrected chi connectivity index (χ4v) is 1.16. The fraction of sp³-hybridized carbons (Fsp3) is 1.00. The van der Waals surface area contributed by atoms with Gasteiger partial charge >= 0.3 is 0 Å². The number of methoxy groups -OCH3 is 2. The normalized spacial score (nSPS) is 14.6. The lowest BCUT2D eigenvalue weighted by atomic mass is 10.4. The van der Waals surface area contributed by atoms with E-state index in [1.54, 1.807) is 0 Å². The molecule has 0 saturated heterocycles. The molecule has 0 spiro atoms. The van der Waals surface area contributed by atoms with E-state index < -0.39 is 9.24 Å². The third-order valence-corrected chi connectivity index (χ3v) is 2.01. The molecule has 0 saturated carbocycles. The lowest BCUT2D eigenvalue weighted by Gasteiger charge is -2.12. The second kappa shape index (κ2) is 5.71. The van der Waals surface area contributed by atoms with Crippen LogP contribution in [-0.4, -0.2) is 41.9 Å². The van der Waals surface area contributed by atoms with Gasteiger partial charge < -0.3 is 9.47 Å². The molecule has 12 heavy (non-hydrogen) atoms. The maximum atomic E-state index is 10.4. The molecule has 0 radical (unpaired) electrons. The Morgan fingerprint density at radius 3 is 2.42 bits per heavy atom. The van der Waals surface area contributed by atoms with Crippen LogP contribution < -0.4 is 4.72 Å². The summed E-state index contributed by atoms with van der Waals surface area (Å²) in [6.45, 7) is 0.423. The van der Waals surface area contributed by atoms with Gasteiger partial charge in [-0.3, -0.25) is 0 Å². The van der Waals surface area contributed by atoms with Crippen LogP contribution in [0.15, 0.2) is 0 Å². The Hall–Kier alpha value is 0.120. The molecule has 0 rings (SSSR count). The van der Waals surface area contributed by atoms with E-state index in [4.69, 9.17) is 20.2 Å². The van der Waals surface area contributed by atoms with Gasteiger partial charge in [0, 0.05) is 31.4 Å². The molecule has 0 aromatic rings. The maximum absolute atomic E-state index is 10.4. The van der Waals surface area contributed by atoms with Crippen molar-refractivity contribution < 1.29 is 17.9 Å². The SMILES string of the molecule is COCC(CNS(=O)(=O)Cl)OC. The van der Waals surface area contributed by atoms with Crippen LogP contribution in [0.5, 0.6) is 0 Å². The number of hydrogen-bond acceptors (Lipinski definition) is 4. The Bertz CT molecular complexity index is 205. The first-order valence-corrected chi connectivity index (χ1v) is 5.51. The highest BCUT2D eigenvalue weighted by Gasteiger charge is 2.10. The highest BCUT2D eigenvalue weighted by molar-refractivity contribution is 8.12. The van der Waals surface area contributed by atoms with Crippen LogP contribution in [0.1, 0.15) is 0 Å². The van der Waals surface area contributed by atoms with Crippen molar-refractivity contribution in [2.75, 3.05) is 27.4 Å². The molecule has 0 fully saturated rings. The molecule has 1 atom stereocenters. The van der Waals surface area contributed by atoms with E-state index >= 15 is 0 Å². The summed E-state index contributed by atoms with van der Waals surface area (Å²) in [5.41, 5.74) is 0. The van der Waals surface area contributed by atoms with Crippen molar-refractivity contribution in [3.05, 3.63) is 0 Å². The Morgan fingerprint density at radius 1 is 1.50 bits per heavy atom. The molecular formula is C5H12ClNO4S. The molecule has 7 heteroatoms. The van der Waals surface area contributed by atoms with Crippen LogP contribution in [0.2, 0.25) is 0 Å². The van der Waals surface area contributed by atoms with E-state index in [9.17, 15) is 8.42 Å². The molecule has 0 amide bonds. The summed E-state index contributed by atoms with van der Waals surface area (Å²) in [6.07, 6.45) is -0.316. The Balaban J connectivity index is 3.73. The molecule has 0 aliphatic heterocycles. The van der Waals surface area contributed by atoms with E-state index in [0.29, 0.717) is 6.61 Å². The van der Waals surface area contributed by atoms with Crippen molar-refractivity contribution in [1.29, 1.82) is 0 Å². The number of hydrogen-bond donors (Lipinski definition) is 1. The van der Waals surface area contributed by atoms with Crippen LogP contribution in [0.25, 0.3) is 0 Å². The molecule has 0 aromatic carbocycles. The van der Waals surface area contributed by atoms with Crippen molar-refractivity contribution >= 4 is 19.9 Å². The summed E-state index contributed by atoms with van der Waals surface area (Å²) in [7, 11) is 4.20. The highest BCUT2D eigenvalue weighted by atomic mass is 35.7. The molecular weight excluding hydrogens is 206 g/mol. The molecule has 0 aliphatic rings. The van der Waals surface area contributed by atoms with Gasteiger partial charge in [0.25, 0.3) is 9.24 Å². The topological polar surface area (TPSA) is 64.6 Å². The second-order valence-electron chi connectivity index (χ2n) is 2.10. The van der Waals surface area contributed by atoms with Crippen molar-refractivity contribution in [3.8, 4) is 0 Å². The van der Waals surface area contributed by atoms with E-state index in [1.165, 1.54) is 14.2 Å². The maximum Gasteiger partial charge on any atom is 0.297 e. The Kier molecular flexibility index (Phi) is 5.77. The van der Waals surface area contributed by atoms with Crippen LogP contribution >= 0.6 is 10.7 Å². The largest absolute Gasteiger partial charge is 0.382 e. The smallest absolute Gasteiger partial charge is 0.297 e. The lowest BCUT2D eigenvalue weighted by Crippen LogP contribution is -2.33. The molecule has 74 valence electrons. The number of halogens is 1. The minimum absolute atomic E-state index is 0.107. The van der Waals surface area contributed by atoms with Crippen LogP contribution in [0.4, 0.5) is 0 Å². The monoisotopic (exact) mass is 217 g/mol. The summed E-state index contributed by atoms with van der Waals surface area (Å²) in [4.78, 5) is 0. The van der Waals surface area contributed by atoms with Gasteiger partial charge in [-0.2, -0.15) is 13.1 Å². The van der Waals surface area contributed by atoms with Gasteiger partial charge in [-0.05, 0) is 0 Å². The lowest BCUT2D eigenvalue weighted by molar-refractivity contribution is 0.0320. The minimum Gasteiger partial charge on any atom is -0.382 e. The molecule has 0 bridgehead atoms. The standard InChI is InChI=1S/C5H12ClNO4S/c1-10-4-5(11-2)3-7-12(6,8)9/h5,7H,3-4H2,1-2H3. The van der Waals surface area contributed by atoms with Crippen molar-refractivity contribution in [2.24, 2.45) is 0 Å². The molecule has 5 nitrogen and oxygen atoms in total. The molecule has 1 N–H and O–H groups in total. The first kappa shape index (κ1) is 12.1. The summed E-state index contributed by atoms with van der Waals surface area (Å²) in [6, 6.07) is 0. The van der Waals surface area contributed by atoms with Crippen LogP contribution in [0.3, 0.4) is 0 Å². The molecule has 0 heterocycles. The fourth-order valence-electron chi connectivity index (χ4n) is 0.589. The highest BCUT2D eigenvalue weighted by Crippen LogP contribution is 1.93. The minimum atomic E-state index is -3.66. The van der Waals surface area contributed by atoms with E-state index in [2.05, 4.69) is 4.72 Å². The molecule has 1 unspecified atom stereocenters. The molecule has 0 aliphatic carbocycles. The van der Waals surface area contributed by atoms with Crippen LogP contribution in [-0.2, 0) is 18.7 Å². The average Bonchev–Trinajstić information content (AvgIpc) is 1.96. The van der Waals surface area contributed by atoms with Crippen molar-refractivity contribution in [3.63, 3.8) is 0 Å². The zero-order valence-corrected chi connectivity index (χ0v) is 8.48. The third kappa shape index (κ3) is 6.81. The van der Waals surface area contributed by atoms with Gasteiger partial charge in [-0.25, -0.2) is 0 Å². The van der Waals surface area contributed by atoms with Gasteiger partial charge in [0.05, 0.1) is 12.7 Å². The van der Waals surface area contributed by atoms with Crippen LogP contribution in [0, 0.1) is 0 Å². The van der Waals surface area contributed by atoms with E-state index in [1.807, 2.05) is 0 Å². The van der Waals surface area contributed by atoms with Gasteiger partial charge in [-0.1, -0.05) is 0 Å². The summed E-state index contributed by atoms with van der Waals surface area (Å²) in [5.74, 6) is 0. The van der Waals surface area contributed by atoms with Crippen molar-refractivity contribution in [2.45, 2.75) is 6.10 Å². The second-order valence-corrected chi connectivity index (χ2v) is 4.48. The predicted octanol–water partition coefficient (Wildman–Crippen LogP) is -0.279. The quantitative estimate of drug-likeness (QED) is 0.622. The van der Waals surface area contributed by atoms with Crippen molar-refractivity contribution in [1.82, 2.24) is 4.72 Å². The first-order valence-electron chi connectivity index (χ1n) is 3.20. The molecule has 0 aromatic heterocycles. The van der Waals surface area contributed by atoms with E-state index in [-0.39, 0.29) is 12.6 Å². The first-order chi connectivity index (χ1) is 5.49. The number of rotatable bonds is 6. The third-order valence-electron chi connectivity index (χ3n) is 1.17. The predicted molar refractivity (Wildman–Crippen MR) is 45.4 cm³/mol. The Morgan fingerprint density at radius 2 is 2.08 bits per heavy atom. The van der Waals surface area contributed by atoms with Gasteiger partial charge in [0.2, 0.25) is 0 Å². The Labute approximate surface area is 76.5 Å². The summed E-state index contributed by atoms with van der Waals surface area (Å²) < 4.78 is 32.6. The van der Waals surface area contributed by atoms with E-state index in [0.717, 1.165) is 0 Å². The summed E-state index contributed by atoms with van der Waals surface area (Å²) in [5, 5.41) is 0. The van der Waals surface area contributed by atoms with Gasteiger partial charge in [-0.15, -0.1) is 0 Å². The number of ether oxygens (including phenoxy) is 2. The van der Waals surface area contributed by atoms with Gasteiger partial charge in [0.15, 0.2) is 0 Å². The average molecular weight is 218 g/mol. The zero-order chi connectivity index (χ0) is 9.61. The summed E-state index contributed by atoms with van der Waals surface area (Å²) >= 11 is 0. The zero-order valence-electron chi connectivity index (χ0n) is 6.91. The number of nitrogens with one attached hydrogen (secondary N) is 1.